The van der Waals surface area contributed by atoms with Crippen LogP contribution in [0.4, 0.5) is 0 Å². The molecule has 0 saturated heterocycles. The molecule has 0 bridgehead atoms. The number of carboxylic acids is 1. The first-order chi connectivity index (χ1) is 12.0. The van der Waals surface area contributed by atoms with E-state index in [-0.39, 0.29) is 29.9 Å². The Morgan fingerprint density at radius 1 is 0.920 bits per heavy atom. The minimum atomic E-state index is -0.942. The van der Waals surface area contributed by atoms with Gasteiger partial charge in [-0.2, -0.15) is 0 Å². The maximum atomic E-state index is 11.5. The smallest absolute Gasteiger partial charge is 0.340 e. The van der Waals surface area contributed by atoms with Crippen LogP contribution in [0, 0.1) is 0 Å². The maximum Gasteiger partial charge on any atom is 0.340 e. The van der Waals surface area contributed by atoms with Gasteiger partial charge in [-0.3, -0.25) is 9.97 Å². The Labute approximate surface area is 144 Å². The molecule has 2 aromatic heterocycles. The van der Waals surface area contributed by atoms with Crippen LogP contribution in [-0.2, 0) is 9.47 Å². The summed E-state index contributed by atoms with van der Waals surface area (Å²) in [7, 11) is 0. The quantitative estimate of drug-likeness (QED) is 0.819. The molecular weight excluding hydrogens is 328 g/mol. The molecule has 0 aromatic carbocycles. The summed E-state index contributed by atoms with van der Waals surface area (Å²) < 4.78 is 9.63. The van der Waals surface area contributed by atoms with Crippen LogP contribution in [0.15, 0.2) is 43.0 Å². The van der Waals surface area contributed by atoms with Crippen LogP contribution in [0.1, 0.15) is 44.9 Å². The lowest BCUT2D eigenvalue weighted by Crippen LogP contribution is -2.14. The molecule has 0 unspecified atom stereocenters. The Bertz CT molecular complexity index is 681. The molecule has 0 atom stereocenters. The van der Waals surface area contributed by atoms with Crippen LogP contribution in [0.5, 0.6) is 0 Å². The van der Waals surface area contributed by atoms with E-state index in [1.807, 2.05) is 0 Å². The predicted molar refractivity (Wildman–Crippen MR) is 87.3 cm³/mol. The van der Waals surface area contributed by atoms with Crippen LogP contribution < -0.4 is 0 Å². The summed E-state index contributed by atoms with van der Waals surface area (Å²) in [5.41, 5.74) is 0.524. The van der Waals surface area contributed by atoms with Gasteiger partial charge in [0.1, 0.15) is 0 Å². The first kappa shape index (κ1) is 19.8. The number of carbonyl (C=O) groups excluding carboxylic acids is 2. The fourth-order valence-electron chi connectivity index (χ4n) is 1.64. The van der Waals surface area contributed by atoms with E-state index in [0.717, 1.165) is 0 Å². The zero-order chi connectivity index (χ0) is 18.7. The molecule has 2 heterocycles. The number of hydrogen-bond acceptors (Lipinski definition) is 7. The van der Waals surface area contributed by atoms with Gasteiger partial charge in [-0.25, -0.2) is 14.4 Å². The highest BCUT2D eigenvalue weighted by Crippen LogP contribution is 2.10. The SMILES string of the molecule is CCOC(=O)c1ccncc1C(=O)OCC.O=C(O)c1cccnc1. The molecule has 2 aromatic rings. The number of rotatable bonds is 5. The number of ether oxygens (including phenoxy) is 2. The molecule has 25 heavy (non-hydrogen) atoms. The highest BCUT2D eigenvalue weighted by atomic mass is 16.5. The van der Waals surface area contributed by atoms with Gasteiger partial charge in [-0.05, 0) is 32.0 Å². The molecule has 0 saturated carbocycles. The fraction of sp³-hybridized carbons (Fsp3) is 0.235. The third-order valence-corrected chi connectivity index (χ3v) is 2.72. The van der Waals surface area contributed by atoms with E-state index >= 15 is 0 Å². The highest BCUT2D eigenvalue weighted by Gasteiger charge is 2.18. The number of carbonyl (C=O) groups is 3. The molecule has 0 amide bonds. The van der Waals surface area contributed by atoms with Crippen molar-refractivity contribution in [1.29, 1.82) is 0 Å². The number of hydrogen-bond donors (Lipinski definition) is 1. The predicted octanol–water partition coefficient (Wildman–Crippen LogP) is 2.21. The molecule has 8 nitrogen and oxygen atoms in total. The Morgan fingerprint density at radius 3 is 2.00 bits per heavy atom. The summed E-state index contributed by atoms with van der Waals surface area (Å²) in [6.45, 7) is 3.89. The van der Waals surface area contributed by atoms with Crippen molar-refractivity contribution >= 4 is 17.9 Å². The first-order valence-electron chi connectivity index (χ1n) is 7.42. The van der Waals surface area contributed by atoms with Crippen molar-refractivity contribution in [1.82, 2.24) is 9.97 Å². The molecule has 8 heteroatoms. The van der Waals surface area contributed by atoms with Gasteiger partial charge in [0.25, 0.3) is 0 Å². The second-order valence-corrected chi connectivity index (χ2v) is 4.41. The van der Waals surface area contributed by atoms with E-state index in [1.165, 1.54) is 36.9 Å². The molecule has 0 radical (unpaired) electrons. The van der Waals surface area contributed by atoms with Crippen molar-refractivity contribution < 1.29 is 29.0 Å². The van der Waals surface area contributed by atoms with Gasteiger partial charge in [0, 0.05) is 24.8 Å². The number of pyridine rings is 2. The average molecular weight is 346 g/mol. The lowest BCUT2D eigenvalue weighted by atomic mass is 10.1. The van der Waals surface area contributed by atoms with Gasteiger partial charge in [0.15, 0.2) is 0 Å². The normalized spacial score (nSPS) is 9.36. The molecule has 0 aliphatic carbocycles. The molecule has 0 fully saturated rings. The minimum Gasteiger partial charge on any atom is -0.478 e. The Morgan fingerprint density at radius 2 is 1.52 bits per heavy atom. The highest BCUT2D eigenvalue weighted by molar-refractivity contribution is 6.02. The molecule has 132 valence electrons. The maximum absolute atomic E-state index is 11.5. The van der Waals surface area contributed by atoms with E-state index < -0.39 is 17.9 Å². The lowest BCUT2D eigenvalue weighted by molar-refractivity contribution is 0.0478. The Kier molecular flexibility index (Phi) is 8.28. The van der Waals surface area contributed by atoms with Crippen LogP contribution in [0.2, 0.25) is 0 Å². The number of esters is 2. The van der Waals surface area contributed by atoms with Crippen molar-refractivity contribution in [3.8, 4) is 0 Å². The summed E-state index contributed by atoms with van der Waals surface area (Å²) >= 11 is 0. The third-order valence-electron chi connectivity index (χ3n) is 2.72. The van der Waals surface area contributed by atoms with Gasteiger partial charge < -0.3 is 14.6 Å². The van der Waals surface area contributed by atoms with Gasteiger partial charge in [-0.15, -0.1) is 0 Å². The fourth-order valence-corrected chi connectivity index (χ4v) is 1.64. The zero-order valence-corrected chi connectivity index (χ0v) is 13.8. The summed E-state index contributed by atoms with van der Waals surface area (Å²) in [6.07, 6.45) is 5.56. The molecule has 1 N–H and O–H groups in total. The molecule has 2 rings (SSSR count). The zero-order valence-electron chi connectivity index (χ0n) is 13.8. The standard InChI is InChI=1S/C11H13NO4.C6H5NO2/c1-3-15-10(13)8-5-6-12-7-9(8)11(14)16-4-2;8-6(9)5-2-1-3-7-4-5/h5-7H,3-4H2,1-2H3;1-4H,(H,8,9). The largest absolute Gasteiger partial charge is 0.478 e. The number of aromatic nitrogens is 2. The Hall–Kier alpha value is -3.29. The van der Waals surface area contributed by atoms with E-state index in [9.17, 15) is 14.4 Å². The van der Waals surface area contributed by atoms with Crippen molar-refractivity contribution in [2.45, 2.75) is 13.8 Å². The van der Waals surface area contributed by atoms with Crippen molar-refractivity contribution in [3.63, 3.8) is 0 Å². The number of aromatic carboxylic acids is 1. The molecule has 0 aliphatic rings. The van der Waals surface area contributed by atoms with Gasteiger partial charge in [0.2, 0.25) is 0 Å². The van der Waals surface area contributed by atoms with Crippen molar-refractivity contribution in [2.24, 2.45) is 0 Å². The van der Waals surface area contributed by atoms with E-state index in [1.54, 1.807) is 19.9 Å². The average Bonchev–Trinajstić information content (AvgIpc) is 2.63. The van der Waals surface area contributed by atoms with E-state index in [2.05, 4.69) is 9.97 Å². The second-order valence-electron chi connectivity index (χ2n) is 4.41. The summed E-state index contributed by atoms with van der Waals surface area (Å²) in [4.78, 5) is 40.6. The number of carboxylic acid groups (broad SMARTS) is 1. The van der Waals surface area contributed by atoms with Crippen LogP contribution in [0.3, 0.4) is 0 Å². The van der Waals surface area contributed by atoms with Gasteiger partial charge >= 0.3 is 17.9 Å². The van der Waals surface area contributed by atoms with Crippen molar-refractivity contribution in [3.05, 3.63) is 59.7 Å². The monoisotopic (exact) mass is 346 g/mol. The molecular formula is C17H18N2O6. The van der Waals surface area contributed by atoms with E-state index in [0.29, 0.717) is 0 Å². The van der Waals surface area contributed by atoms with Crippen LogP contribution in [0.25, 0.3) is 0 Å². The summed E-state index contributed by atoms with van der Waals surface area (Å²) in [6, 6.07) is 4.52. The summed E-state index contributed by atoms with van der Waals surface area (Å²) in [5, 5.41) is 8.34. The Balaban J connectivity index is 0.000000293. The van der Waals surface area contributed by atoms with Crippen molar-refractivity contribution in [2.75, 3.05) is 13.2 Å². The van der Waals surface area contributed by atoms with Crippen LogP contribution >= 0.6 is 0 Å². The summed E-state index contributed by atoms with van der Waals surface area (Å²) in [5.74, 6) is -2.06. The molecule has 0 spiro atoms. The van der Waals surface area contributed by atoms with Crippen LogP contribution in [-0.4, -0.2) is 46.2 Å². The topological polar surface area (TPSA) is 116 Å². The number of nitrogens with zero attached hydrogens (tertiary/aromatic N) is 2. The first-order valence-corrected chi connectivity index (χ1v) is 7.42. The van der Waals surface area contributed by atoms with Gasteiger partial charge in [-0.1, -0.05) is 0 Å². The van der Waals surface area contributed by atoms with Gasteiger partial charge in [0.05, 0.1) is 29.9 Å². The third kappa shape index (κ3) is 6.38. The minimum absolute atomic E-state index is 0.128. The second kappa shape index (κ2) is 10.5. The molecule has 0 aliphatic heterocycles. The van der Waals surface area contributed by atoms with E-state index in [4.69, 9.17) is 14.6 Å². The lowest BCUT2D eigenvalue weighted by Gasteiger charge is -2.06.